The average Bonchev–Trinajstić information content (AvgIpc) is 3.10. The van der Waals surface area contributed by atoms with Crippen LogP contribution in [0.2, 0.25) is 0 Å². The lowest BCUT2D eigenvalue weighted by molar-refractivity contribution is 0.0952. The van der Waals surface area contributed by atoms with Crippen LogP contribution in [0.4, 0.5) is 0 Å². The van der Waals surface area contributed by atoms with Crippen molar-refractivity contribution in [1.29, 1.82) is 0 Å². The third-order valence-corrected chi connectivity index (χ3v) is 5.50. The van der Waals surface area contributed by atoms with Crippen molar-refractivity contribution in [2.45, 2.75) is 22.6 Å². The van der Waals surface area contributed by atoms with Crippen molar-refractivity contribution in [3.63, 3.8) is 0 Å². The fourth-order valence-corrected chi connectivity index (χ4v) is 3.91. The predicted octanol–water partition coefficient (Wildman–Crippen LogP) is 4.19. The van der Waals surface area contributed by atoms with Crippen LogP contribution in [0.5, 0.6) is 0 Å². The van der Waals surface area contributed by atoms with Gasteiger partial charge in [-0.1, -0.05) is 35.1 Å². The minimum atomic E-state index is -0.106. The van der Waals surface area contributed by atoms with E-state index in [0.29, 0.717) is 22.9 Å². The van der Waals surface area contributed by atoms with Gasteiger partial charge in [-0.15, -0.1) is 11.8 Å². The van der Waals surface area contributed by atoms with Crippen molar-refractivity contribution >= 4 is 29.4 Å². The van der Waals surface area contributed by atoms with Crippen LogP contribution in [-0.2, 0) is 5.75 Å². The van der Waals surface area contributed by atoms with Gasteiger partial charge < -0.3 is 9.84 Å². The summed E-state index contributed by atoms with van der Waals surface area (Å²) in [4.78, 5) is 18.0. The Morgan fingerprint density at radius 1 is 1.15 bits per heavy atom. The van der Waals surface area contributed by atoms with E-state index in [0.717, 1.165) is 17.2 Å². The molecule has 2 heterocycles. The monoisotopic (exact) mass is 385 g/mol. The van der Waals surface area contributed by atoms with Crippen molar-refractivity contribution in [2.75, 3.05) is 12.3 Å². The van der Waals surface area contributed by atoms with Crippen molar-refractivity contribution in [2.24, 2.45) is 0 Å². The quantitative estimate of drug-likeness (QED) is 0.463. The van der Waals surface area contributed by atoms with Gasteiger partial charge in [-0.05, 0) is 31.2 Å². The first-order valence-electron chi connectivity index (χ1n) is 8.18. The number of hydrogen-bond acceptors (Lipinski definition) is 6. The summed E-state index contributed by atoms with van der Waals surface area (Å²) in [7, 11) is 0. The second-order valence-electron chi connectivity index (χ2n) is 5.49. The van der Waals surface area contributed by atoms with E-state index in [1.807, 2.05) is 31.2 Å². The number of thioether (sulfide) groups is 2. The Labute approximate surface area is 161 Å². The van der Waals surface area contributed by atoms with E-state index >= 15 is 0 Å². The molecule has 0 saturated carbocycles. The van der Waals surface area contributed by atoms with Crippen molar-refractivity contribution in [3.05, 3.63) is 71.7 Å². The lowest BCUT2D eigenvalue weighted by Crippen LogP contribution is -2.26. The molecule has 0 unspecified atom stereocenters. The number of aryl methyl sites for hydroxylation is 1. The first-order chi connectivity index (χ1) is 12.7. The summed E-state index contributed by atoms with van der Waals surface area (Å²) in [6.07, 6.45) is 1.69. The standard InChI is InChI=1S/C19H19N3O2S2/c1-14-12-15(22-24-14)13-26-19-17(8-5-9-21-19)18(23)20-10-11-25-16-6-3-2-4-7-16/h2-9,12H,10-11,13H2,1H3,(H,20,23). The largest absolute Gasteiger partial charge is 0.361 e. The summed E-state index contributed by atoms with van der Waals surface area (Å²) in [6, 6.07) is 15.6. The zero-order valence-electron chi connectivity index (χ0n) is 14.3. The summed E-state index contributed by atoms with van der Waals surface area (Å²) in [5.74, 6) is 2.09. The van der Waals surface area contributed by atoms with Gasteiger partial charge in [-0.3, -0.25) is 4.79 Å². The molecule has 1 amide bonds. The smallest absolute Gasteiger partial charge is 0.254 e. The molecule has 0 aliphatic heterocycles. The van der Waals surface area contributed by atoms with Crippen molar-refractivity contribution < 1.29 is 9.32 Å². The fraction of sp³-hybridized carbons (Fsp3) is 0.211. The Kier molecular flexibility index (Phi) is 6.74. The Balaban J connectivity index is 1.52. The van der Waals surface area contributed by atoms with E-state index in [-0.39, 0.29) is 5.91 Å². The normalized spacial score (nSPS) is 10.7. The van der Waals surface area contributed by atoms with E-state index in [9.17, 15) is 4.79 Å². The second kappa shape index (κ2) is 9.45. The maximum atomic E-state index is 12.5. The van der Waals surface area contributed by atoms with Gasteiger partial charge >= 0.3 is 0 Å². The summed E-state index contributed by atoms with van der Waals surface area (Å²) in [6.45, 7) is 2.45. The van der Waals surface area contributed by atoms with Crippen LogP contribution < -0.4 is 5.32 Å². The lowest BCUT2D eigenvalue weighted by Gasteiger charge is -2.08. The molecule has 0 bridgehead atoms. The van der Waals surface area contributed by atoms with Crippen LogP contribution in [0.25, 0.3) is 0 Å². The van der Waals surface area contributed by atoms with E-state index in [1.165, 1.54) is 16.7 Å². The molecule has 0 spiro atoms. The van der Waals surface area contributed by atoms with E-state index in [4.69, 9.17) is 4.52 Å². The lowest BCUT2D eigenvalue weighted by atomic mass is 10.3. The molecular formula is C19H19N3O2S2. The van der Waals surface area contributed by atoms with E-state index in [2.05, 4.69) is 27.6 Å². The first-order valence-corrected chi connectivity index (χ1v) is 10.2. The maximum absolute atomic E-state index is 12.5. The topological polar surface area (TPSA) is 68.0 Å². The number of benzene rings is 1. The van der Waals surface area contributed by atoms with Gasteiger partial charge in [0.25, 0.3) is 5.91 Å². The van der Waals surface area contributed by atoms with Gasteiger partial charge in [0, 0.05) is 35.2 Å². The summed E-state index contributed by atoms with van der Waals surface area (Å²) < 4.78 is 5.07. The number of pyridine rings is 1. The first kappa shape index (κ1) is 18.5. The van der Waals surface area contributed by atoms with Crippen LogP contribution >= 0.6 is 23.5 Å². The molecular weight excluding hydrogens is 366 g/mol. The molecule has 3 aromatic rings. The van der Waals surface area contributed by atoms with Crippen LogP contribution in [0, 0.1) is 6.92 Å². The Bertz CT molecular complexity index is 853. The summed E-state index contributed by atoms with van der Waals surface area (Å²) in [5.41, 5.74) is 1.42. The highest BCUT2D eigenvalue weighted by Crippen LogP contribution is 2.24. The Morgan fingerprint density at radius 2 is 2.00 bits per heavy atom. The summed E-state index contributed by atoms with van der Waals surface area (Å²) in [5, 5.41) is 7.63. The highest BCUT2D eigenvalue weighted by molar-refractivity contribution is 7.99. The van der Waals surface area contributed by atoms with Gasteiger partial charge in [-0.2, -0.15) is 0 Å². The molecule has 134 valence electrons. The zero-order chi connectivity index (χ0) is 18.2. The van der Waals surface area contributed by atoms with Crippen LogP contribution in [0.1, 0.15) is 21.8 Å². The minimum absolute atomic E-state index is 0.106. The van der Waals surface area contributed by atoms with Crippen molar-refractivity contribution in [1.82, 2.24) is 15.5 Å². The zero-order valence-corrected chi connectivity index (χ0v) is 16.0. The molecule has 3 rings (SSSR count). The highest BCUT2D eigenvalue weighted by Gasteiger charge is 2.13. The maximum Gasteiger partial charge on any atom is 0.254 e. The van der Waals surface area contributed by atoms with E-state index in [1.54, 1.807) is 30.1 Å². The van der Waals surface area contributed by atoms with Gasteiger partial charge in [0.05, 0.1) is 11.3 Å². The minimum Gasteiger partial charge on any atom is -0.361 e. The number of nitrogens with zero attached hydrogens (tertiary/aromatic N) is 2. The second-order valence-corrected chi connectivity index (χ2v) is 7.62. The molecule has 7 heteroatoms. The molecule has 0 fully saturated rings. The average molecular weight is 386 g/mol. The molecule has 0 radical (unpaired) electrons. The molecule has 0 aliphatic rings. The summed E-state index contributed by atoms with van der Waals surface area (Å²) >= 11 is 3.20. The number of amides is 1. The number of rotatable bonds is 8. The van der Waals surface area contributed by atoms with E-state index < -0.39 is 0 Å². The SMILES string of the molecule is Cc1cc(CSc2ncccc2C(=O)NCCSc2ccccc2)no1. The van der Waals surface area contributed by atoms with Crippen molar-refractivity contribution in [3.8, 4) is 0 Å². The number of aromatic nitrogens is 2. The molecule has 5 nitrogen and oxygen atoms in total. The van der Waals surface area contributed by atoms with Gasteiger partial charge in [0.1, 0.15) is 10.8 Å². The molecule has 0 saturated heterocycles. The van der Waals surface area contributed by atoms with Gasteiger partial charge in [-0.25, -0.2) is 4.98 Å². The molecule has 2 aromatic heterocycles. The molecule has 0 aliphatic carbocycles. The molecule has 0 atom stereocenters. The Hall–Kier alpha value is -2.25. The molecule has 1 N–H and O–H groups in total. The number of carbonyl (C=O) groups is 1. The third kappa shape index (κ3) is 5.37. The molecule has 26 heavy (non-hydrogen) atoms. The van der Waals surface area contributed by atoms with Gasteiger partial charge in [0.15, 0.2) is 0 Å². The third-order valence-electron chi connectivity index (χ3n) is 3.45. The van der Waals surface area contributed by atoms with Crippen LogP contribution in [0.3, 0.4) is 0 Å². The predicted molar refractivity (Wildman–Crippen MR) is 105 cm³/mol. The van der Waals surface area contributed by atoms with Crippen LogP contribution in [0.15, 0.2) is 69.2 Å². The number of nitrogens with one attached hydrogen (secondary N) is 1. The Morgan fingerprint density at radius 3 is 2.77 bits per heavy atom. The number of carbonyl (C=O) groups excluding carboxylic acids is 1. The fourth-order valence-electron chi connectivity index (χ4n) is 2.25. The highest BCUT2D eigenvalue weighted by atomic mass is 32.2. The van der Waals surface area contributed by atoms with Crippen LogP contribution in [-0.4, -0.2) is 28.3 Å². The number of hydrogen-bond donors (Lipinski definition) is 1. The molecule has 1 aromatic carbocycles. The van der Waals surface area contributed by atoms with Gasteiger partial charge in [0.2, 0.25) is 0 Å².